The van der Waals surface area contributed by atoms with Crippen LogP contribution in [-0.4, -0.2) is 51.5 Å². The number of rotatable bonds is 3. The summed E-state index contributed by atoms with van der Waals surface area (Å²) in [6, 6.07) is 12.0. The van der Waals surface area contributed by atoms with Gasteiger partial charge in [0.25, 0.3) is 0 Å². The Bertz CT molecular complexity index is 1040. The molecule has 1 N–H and O–H groups in total. The third-order valence-electron chi connectivity index (χ3n) is 5.69. The van der Waals surface area contributed by atoms with Gasteiger partial charge in [-0.3, -0.25) is 4.79 Å². The number of piperidine rings is 1. The average Bonchev–Trinajstić information content (AvgIpc) is 3.20. The summed E-state index contributed by atoms with van der Waals surface area (Å²) in [4.78, 5) is 23.2. The minimum absolute atomic E-state index is 0.0723. The molecule has 2 aliphatic heterocycles. The van der Waals surface area contributed by atoms with Crippen LogP contribution in [-0.2, 0) is 15.1 Å². The second-order valence-electron chi connectivity index (χ2n) is 7.58. The van der Waals surface area contributed by atoms with Crippen LogP contribution in [0.15, 0.2) is 55.1 Å². The SMILES string of the molecule is Cc1cnn(-c2cc(N3CC[C@@]4(c5ccccc5)NC(=O)CO[C@@H]4C3)ncn2)c1. The standard InChI is InChI=1S/C21H22N6O2/c1-15-10-24-27(11-15)19-9-18(22-14-23-19)26-8-7-21(16-5-3-2-4-6-16)17(12-26)29-13-20(28)25-21/h2-6,9-11,14,17H,7-8,12-13H2,1H3,(H,25,28)/t17-,21+/m1/s1. The van der Waals surface area contributed by atoms with E-state index in [0.29, 0.717) is 6.54 Å². The first-order valence-electron chi connectivity index (χ1n) is 9.71. The number of carbonyl (C=O) groups excluding carboxylic acids is 1. The van der Waals surface area contributed by atoms with Gasteiger partial charge in [0.2, 0.25) is 5.91 Å². The predicted molar refractivity (Wildman–Crippen MR) is 107 cm³/mol. The lowest BCUT2D eigenvalue weighted by atomic mass is 9.77. The predicted octanol–water partition coefficient (Wildman–Crippen LogP) is 1.59. The molecule has 1 aromatic carbocycles. The number of aromatic nitrogens is 4. The molecule has 2 saturated heterocycles. The second-order valence-corrected chi connectivity index (χ2v) is 7.58. The third-order valence-corrected chi connectivity index (χ3v) is 5.69. The number of carbonyl (C=O) groups is 1. The van der Waals surface area contributed by atoms with Crippen LogP contribution >= 0.6 is 0 Å². The number of anilines is 1. The number of fused-ring (bicyclic) bond motifs is 1. The van der Waals surface area contributed by atoms with E-state index >= 15 is 0 Å². The summed E-state index contributed by atoms with van der Waals surface area (Å²) in [6.07, 6.45) is 5.86. The van der Waals surface area contributed by atoms with Crippen LogP contribution in [0.1, 0.15) is 17.5 Å². The van der Waals surface area contributed by atoms with E-state index in [2.05, 4.69) is 37.4 Å². The first-order valence-corrected chi connectivity index (χ1v) is 9.71. The lowest BCUT2D eigenvalue weighted by Gasteiger charge is -2.50. The van der Waals surface area contributed by atoms with Crippen LogP contribution < -0.4 is 10.2 Å². The van der Waals surface area contributed by atoms with Crippen molar-refractivity contribution >= 4 is 11.7 Å². The number of nitrogens with one attached hydrogen (secondary N) is 1. The van der Waals surface area contributed by atoms with Crippen molar-refractivity contribution in [3.05, 3.63) is 66.2 Å². The van der Waals surface area contributed by atoms with Gasteiger partial charge in [-0.2, -0.15) is 5.10 Å². The summed E-state index contributed by atoms with van der Waals surface area (Å²) in [5.41, 5.74) is 1.64. The van der Waals surface area contributed by atoms with Gasteiger partial charge in [-0.15, -0.1) is 0 Å². The second kappa shape index (κ2) is 6.97. The molecule has 8 nitrogen and oxygen atoms in total. The van der Waals surface area contributed by atoms with E-state index in [-0.39, 0.29) is 18.6 Å². The maximum atomic E-state index is 12.2. The topological polar surface area (TPSA) is 85.2 Å². The minimum Gasteiger partial charge on any atom is -0.364 e. The molecular weight excluding hydrogens is 368 g/mol. The fourth-order valence-electron chi connectivity index (χ4n) is 4.24. The maximum Gasteiger partial charge on any atom is 0.246 e. The summed E-state index contributed by atoms with van der Waals surface area (Å²) in [5.74, 6) is 1.48. The van der Waals surface area contributed by atoms with Crippen LogP contribution in [0.25, 0.3) is 5.82 Å². The van der Waals surface area contributed by atoms with Crippen molar-refractivity contribution in [3.8, 4) is 5.82 Å². The summed E-state index contributed by atoms with van der Waals surface area (Å²) in [6.45, 7) is 3.44. The van der Waals surface area contributed by atoms with Crippen molar-refractivity contribution in [2.75, 3.05) is 24.6 Å². The van der Waals surface area contributed by atoms with Gasteiger partial charge in [-0.05, 0) is 24.5 Å². The average molecular weight is 390 g/mol. The molecule has 2 aromatic heterocycles. The highest BCUT2D eigenvalue weighted by molar-refractivity contribution is 5.79. The van der Waals surface area contributed by atoms with E-state index in [1.54, 1.807) is 17.2 Å². The molecule has 0 aliphatic carbocycles. The summed E-state index contributed by atoms with van der Waals surface area (Å²) >= 11 is 0. The van der Waals surface area contributed by atoms with Crippen molar-refractivity contribution in [3.63, 3.8) is 0 Å². The van der Waals surface area contributed by atoms with Crippen LogP contribution in [0, 0.1) is 6.92 Å². The van der Waals surface area contributed by atoms with Crippen molar-refractivity contribution in [1.29, 1.82) is 0 Å². The van der Waals surface area contributed by atoms with E-state index in [1.807, 2.05) is 37.4 Å². The number of amides is 1. The molecule has 0 unspecified atom stereocenters. The number of ether oxygens (including phenoxy) is 1. The third kappa shape index (κ3) is 3.15. The molecule has 5 rings (SSSR count). The fourth-order valence-corrected chi connectivity index (χ4v) is 4.24. The monoisotopic (exact) mass is 390 g/mol. The lowest BCUT2D eigenvalue weighted by Crippen LogP contribution is -2.66. The number of nitrogens with zero attached hydrogens (tertiary/aromatic N) is 5. The van der Waals surface area contributed by atoms with Gasteiger partial charge in [-0.1, -0.05) is 30.3 Å². The zero-order chi connectivity index (χ0) is 19.8. The Hall–Kier alpha value is -3.26. The van der Waals surface area contributed by atoms with Gasteiger partial charge in [0.15, 0.2) is 5.82 Å². The van der Waals surface area contributed by atoms with Gasteiger partial charge in [0.05, 0.1) is 11.7 Å². The van der Waals surface area contributed by atoms with Crippen molar-refractivity contribution < 1.29 is 9.53 Å². The lowest BCUT2D eigenvalue weighted by molar-refractivity contribution is -0.146. The zero-order valence-corrected chi connectivity index (χ0v) is 16.2. The highest BCUT2D eigenvalue weighted by Crippen LogP contribution is 2.38. The summed E-state index contributed by atoms with van der Waals surface area (Å²) < 4.78 is 7.75. The number of hydrogen-bond donors (Lipinski definition) is 1. The molecule has 0 bridgehead atoms. The molecule has 0 spiro atoms. The molecule has 0 saturated carbocycles. The van der Waals surface area contributed by atoms with E-state index in [0.717, 1.165) is 35.7 Å². The number of hydrogen-bond acceptors (Lipinski definition) is 6. The summed E-state index contributed by atoms with van der Waals surface area (Å²) in [7, 11) is 0. The first-order chi connectivity index (χ1) is 14.1. The van der Waals surface area contributed by atoms with Crippen molar-refractivity contribution in [2.45, 2.75) is 25.0 Å². The Balaban J connectivity index is 1.44. The Kier molecular flexibility index (Phi) is 4.28. The van der Waals surface area contributed by atoms with E-state index in [1.165, 1.54) is 0 Å². The zero-order valence-electron chi connectivity index (χ0n) is 16.2. The van der Waals surface area contributed by atoms with E-state index in [4.69, 9.17) is 4.74 Å². The smallest absolute Gasteiger partial charge is 0.246 e. The largest absolute Gasteiger partial charge is 0.364 e. The summed E-state index contributed by atoms with van der Waals surface area (Å²) in [5, 5.41) is 7.56. The first kappa shape index (κ1) is 17.8. The van der Waals surface area contributed by atoms with Gasteiger partial charge < -0.3 is 15.0 Å². The van der Waals surface area contributed by atoms with Gasteiger partial charge in [-0.25, -0.2) is 14.6 Å². The molecule has 3 aromatic rings. The van der Waals surface area contributed by atoms with Gasteiger partial charge in [0, 0.05) is 25.4 Å². The fraction of sp³-hybridized carbons (Fsp3) is 0.333. The number of benzene rings is 1. The molecule has 2 atom stereocenters. The molecular formula is C21H22N6O2. The normalized spacial score (nSPS) is 24.1. The van der Waals surface area contributed by atoms with E-state index < -0.39 is 5.54 Å². The molecule has 1 amide bonds. The molecule has 2 aliphatic rings. The molecule has 4 heterocycles. The van der Waals surface area contributed by atoms with Gasteiger partial charge in [0.1, 0.15) is 24.9 Å². The van der Waals surface area contributed by atoms with Crippen LogP contribution in [0.4, 0.5) is 5.82 Å². The van der Waals surface area contributed by atoms with Gasteiger partial charge >= 0.3 is 0 Å². The Morgan fingerprint density at radius 3 is 2.83 bits per heavy atom. The molecule has 8 heteroatoms. The van der Waals surface area contributed by atoms with Crippen LogP contribution in [0.5, 0.6) is 0 Å². The van der Waals surface area contributed by atoms with Crippen molar-refractivity contribution in [1.82, 2.24) is 25.1 Å². The Morgan fingerprint density at radius 2 is 2.03 bits per heavy atom. The van der Waals surface area contributed by atoms with Crippen molar-refractivity contribution in [2.24, 2.45) is 0 Å². The highest BCUT2D eigenvalue weighted by Gasteiger charge is 2.49. The van der Waals surface area contributed by atoms with Crippen LogP contribution in [0.3, 0.4) is 0 Å². The number of morpholine rings is 1. The molecule has 2 fully saturated rings. The quantitative estimate of drug-likeness (QED) is 0.731. The molecule has 0 radical (unpaired) electrons. The minimum atomic E-state index is -0.512. The molecule has 148 valence electrons. The highest BCUT2D eigenvalue weighted by atomic mass is 16.5. The maximum absolute atomic E-state index is 12.2. The van der Waals surface area contributed by atoms with E-state index in [9.17, 15) is 4.79 Å². The number of aryl methyl sites for hydroxylation is 1. The molecule has 29 heavy (non-hydrogen) atoms. The van der Waals surface area contributed by atoms with Crippen LogP contribution in [0.2, 0.25) is 0 Å². The Labute approximate surface area is 168 Å². The Morgan fingerprint density at radius 1 is 1.21 bits per heavy atom.